The fraction of sp³-hybridized carbons (Fsp3) is 0.350. The van der Waals surface area contributed by atoms with Crippen molar-refractivity contribution in [2.45, 2.75) is 30.6 Å². The molecule has 3 rings (SSSR count). The van der Waals surface area contributed by atoms with Gasteiger partial charge < -0.3 is 4.90 Å². The van der Waals surface area contributed by atoms with Gasteiger partial charge in [0.25, 0.3) is 0 Å². The van der Waals surface area contributed by atoms with Crippen molar-refractivity contribution in [3.05, 3.63) is 53.2 Å². The molecule has 1 fully saturated rings. The first-order valence-corrected chi connectivity index (χ1v) is 11.5. The van der Waals surface area contributed by atoms with Crippen LogP contribution in [0.25, 0.3) is 16.5 Å². The van der Waals surface area contributed by atoms with Crippen molar-refractivity contribution in [1.29, 1.82) is 0 Å². The Balaban J connectivity index is 1.71. The zero-order valence-corrected chi connectivity index (χ0v) is 16.9. The first-order valence-electron chi connectivity index (χ1n) is 8.76. The van der Waals surface area contributed by atoms with Gasteiger partial charge in [-0.25, -0.2) is 12.8 Å². The lowest BCUT2D eigenvalue weighted by Gasteiger charge is -2.27. The summed E-state index contributed by atoms with van der Waals surface area (Å²) < 4.78 is 37.7. The summed E-state index contributed by atoms with van der Waals surface area (Å²) in [4.78, 5) is 15.7. The number of hydrogen-bond acceptors (Lipinski definition) is 4. The lowest BCUT2D eigenvalue weighted by molar-refractivity contribution is -0.126. The van der Waals surface area contributed by atoms with Crippen molar-refractivity contribution in [2.24, 2.45) is 0 Å². The average Bonchev–Trinajstić information content (AvgIpc) is 3.28. The molecule has 0 spiro atoms. The normalized spacial score (nSPS) is 20.3. The van der Waals surface area contributed by atoms with Crippen LogP contribution in [0.15, 0.2) is 42.5 Å². The number of halogens is 1. The van der Waals surface area contributed by atoms with Crippen LogP contribution >= 0.6 is 11.3 Å². The number of benzene rings is 1. The third kappa shape index (κ3) is 4.47. The molecule has 1 amide bonds. The molecule has 0 N–H and O–H groups in total. The summed E-state index contributed by atoms with van der Waals surface area (Å²) in [7, 11) is -1.53. The number of nitrogens with zero attached hydrogens (tertiary/aromatic N) is 1. The van der Waals surface area contributed by atoms with Crippen LogP contribution in [0.3, 0.4) is 0 Å². The van der Waals surface area contributed by atoms with Gasteiger partial charge in [-0.05, 0) is 43.5 Å². The maximum absolute atomic E-state index is 13.9. The van der Waals surface area contributed by atoms with E-state index in [4.69, 9.17) is 0 Å². The van der Waals surface area contributed by atoms with Gasteiger partial charge in [0.05, 0.1) is 5.25 Å². The second kappa shape index (κ2) is 7.94. The molecule has 144 valence electrons. The van der Waals surface area contributed by atoms with Gasteiger partial charge in [-0.3, -0.25) is 4.79 Å². The molecule has 1 aromatic carbocycles. The first kappa shape index (κ1) is 19.8. The molecule has 0 radical (unpaired) electrons. The molecule has 1 saturated carbocycles. The van der Waals surface area contributed by atoms with E-state index >= 15 is 0 Å². The van der Waals surface area contributed by atoms with Crippen molar-refractivity contribution in [2.75, 3.05) is 13.3 Å². The number of thiophene rings is 1. The highest BCUT2D eigenvalue weighted by Crippen LogP contribution is 2.31. The monoisotopic (exact) mass is 407 g/mol. The highest BCUT2D eigenvalue weighted by atomic mass is 32.2. The van der Waals surface area contributed by atoms with Gasteiger partial charge in [0.2, 0.25) is 5.91 Å². The fourth-order valence-electron chi connectivity index (χ4n) is 3.53. The topological polar surface area (TPSA) is 54.5 Å². The molecular weight excluding hydrogens is 385 g/mol. The van der Waals surface area contributed by atoms with Crippen LogP contribution in [0.1, 0.15) is 24.1 Å². The van der Waals surface area contributed by atoms with Crippen molar-refractivity contribution in [3.63, 3.8) is 0 Å². The largest absolute Gasteiger partial charge is 0.338 e. The van der Waals surface area contributed by atoms with E-state index in [1.54, 1.807) is 31.3 Å². The predicted octanol–water partition coefficient (Wildman–Crippen LogP) is 3.99. The van der Waals surface area contributed by atoms with Gasteiger partial charge in [0.1, 0.15) is 5.82 Å². The van der Waals surface area contributed by atoms with Crippen molar-refractivity contribution in [3.8, 4) is 10.4 Å². The minimum Gasteiger partial charge on any atom is -0.338 e. The highest BCUT2D eigenvalue weighted by molar-refractivity contribution is 7.91. The summed E-state index contributed by atoms with van der Waals surface area (Å²) in [6, 6.07) is 9.95. The molecule has 0 saturated heterocycles. The molecular formula is C20H22FNO3S2. The summed E-state index contributed by atoms with van der Waals surface area (Å²) in [5.74, 6) is -0.505. The molecule has 27 heavy (non-hydrogen) atoms. The molecule has 4 nitrogen and oxygen atoms in total. The highest BCUT2D eigenvalue weighted by Gasteiger charge is 2.38. The lowest BCUT2D eigenvalue weighted by atomic mass is 10.2. The second-order valence-electron chi connectivity index (χ2n) is 6.83. The zero-order chi connectivity index (χ0) is 19.6. The molecule has 2 atom stereocenters. The van der Waals surface area contributed by atoms with Crippen LogP contribution in [-0.2, 0) is 14.6 Å². The molecule has 0 aliphatic heterocycles. The second-order valence-corrected chi connectivity index (χ2v) is 10.2. The van der Waals surface area contributed by atoms with Gasteiger partial charge >= 0.3 is 0 Å². The Morgan fingerprint density at radius 1 is 1.22 bits per heavy atom. The van der Waals surface area contributed by atoms with Crippen LogP contribution in [0.4, 0.5) is 4.39 Å². The van der Waals surface area contributed by atoms with Gasteiger partial charge in [-0.15, -0.1) is 11.3 Å². The van der Waals surface area contributed by atoms with E-state index in [-0.39, 0.29) is 17.8 Å². The minimum absolute atomic E-state index is 0.226. The average molecular weight is 408 g/mol. The summed E-state index contributed by atoms with van der Waals surface area (Å²) in [5, 5.41) is -0.491. The van der Waals surface area contributed by atoms with E-state index in [0.717, 1.165) is 16.2 Å². The third-order valence-electron chi connectivity index (χ3n) is 4.97. The van der Waals surface area contributed by atoms with Gasteiger partial charge in [0.15, 0.2) is 9.84 Å². The smallest absolute Gasteiger partial charge is 0.246 e. The molecule has 7 heteroatoms. The van der Waals surface area contributed by atoms with Gasteiger partial charge in [-0.1, -0.05) is 18.2 Å². The fourth-order valence-corrected chi connectivity index (χ4v) is 5.95. The Bertz CT molecular complexity index is 965. The number of hydrogen-bond donors (Lipinski definition) is 0. The number of carbonyl (C=O) groups is 1. The van der Waals surface area contributed by atoms with E-state index in [9.17, 15) is 17.6 Å². The molecule has 0 unspecified atom stereocenters. The van der Waals surface area contributed by atoms with E-state index in [1.807, 2.05) is 12.1 Å². The number of rotatable bonds is 5. The van der Waals surface area contributed by atoms with E-state index < -0.39 is 15.1 Å². The van der Waals surface area contributed by atoms with Crippen LogP contribution in [0.2, 0.25) is 0 Å². The standard InChI is InChI=1S/C20H22FNO3S2/c1-22(17-8-5-9-19(17)27(2,24)25)20(23)13-11-14-10-12-18(26-14)15-6-3-4-7-16(15)21/h3-4,6-7,10-13,17,19H,5,8-9H2,1-2H3/b13-11-/t17-,19+/m1/s1. The summed E-state index contributed by atoms with van der Waals surface area (Å²) in [5.41, 5.74) is 0.535. The summed E-state index contributed by atoms with van der Waals surface area (Å²) in [6.45, 7) is 0. The van der Waals surface area contributed by atoms with Crippen molar-refractivity contribution in [1.82, 2.24) is 4.90 Å². The summed E-state index contributed by atoms with van der Waals surface area (Å²) >= 11 is 1.40. The van der Waals surface area contributed by atoms with Gasteiger partial charge in [0, 0.05) is 40.7 Å². The SMILES string of the molecule is CN(C(=O)/C=C\c1ccc(-c2ccccc2F)s1)[C@@H]1CCC[C@@H]1S(C)(=O)=O. The van der Waals surface area contributed by atoms with Crippen LogP contribution in [-0.4, -0.2) is 43.8 Å². The number of likely N-dealkylation sites (N-methyl/N-ethyl adjacent to an activating group) is 1. The Morgan fingerprint density at radius 2 is 1.96 bits per heavy atom. The van der Waals surface area contributed by atoms with Gasteiger partial charge in [-0.2, -0.15) is 0 Å². The Morgan fingerprint density at radius 3 is 2.67 bits per heavy atom. The molecule has 1 aromatic heterocycles. The van der Waals surface area contributed by atoms with Crippen molar-refractivity contribution >= 4 is 33.2 Å². The van der Waals surface area contributed by atoms with Crippen LogP contribution in [0, 0.1) is 5.82 Å². The molecule has 0 bridgehead atoms. The number of carbonyl (C=O) groups excluding carboxylic acids is 1. The maximum atomic E-state index is 13.9. The Labute approximate surface area is 163 Å². The van der Waals surface area contributed by atoms with Crippen LogP contribution < -0.4 is 0 Å². The van der Waals surface area contributed by atoms with E-state index in [1.165, 1.54) is 34.6 Å². The van der Waals surface area contributed by atoms with E-state index in [0.29, 0.717) is 18.4 Å². The number of sulfone groups is 1. The first-order chi connectivity index (χ1) is 12.8. The molecule has 2 aromatic rings. The molecule has 1 heterocycles. The quantitative estimate of drug-likeness (QED) is 0.704. The van der Waals surface area contributed by atoms with E-state index in [2.05, 4.69) is 0 Å². The minimum atomic E-state index is -3.18. The van der Waals surface area contributed by atoms with Crippen molar-refractivity contribution < 1.29 is 17.6 Å². The number of amides is 1. The maximum Gasteiger partial charge on any atom is 0.246 e. The molecule has 1 aliphatic rings. The van der Waals surface area contributed by atoms with Crippen LogP contribution in [0.5, 0.6) is 0 Å². The molecule has 1 aliphatic carbocycles. The Hall–Kier alpha value is -1.99. The lowest BCUT2D eigenvalue weighted by Crippen LogP contribution is -2.43. The zero-order valence-electron chi connectivity index (χ0n) is 15.3. The Kier molecular flexibility index (Phi) is 5.81. The predicted molar refractivity (Wildman–Crippen MR) is 108 cm³/mol. The third-order valence-corrected chi connectivity index (χ3v) is 7.70. The summed E-state index contributed by atoms with van der Waals surface area (Å²) in [6.07, 6.45) is 6.49.